The Bertz CT molecular complexity index is 1140. The number of thiocarbonyl (C=S) groups is 1. The average molecular weight is 508 g/mol. The van der Waals surface area contributed by atoms with Crippen LogP contribution in [0.4, 0.5) is 5.69 Å². The van der Waals surface area contributed by atoms with Crippen molar-refractivity contribution < 1.29 is 23.8 Å². The van der Waals surface area contributed by atoms with Crippen LogP contribution in [0.5, 0.6) is 11.5 Å². The van der Waals surface area contributed by atoms with E-state index in [1.54, 1.807) is 55.6 Å². The molecule has 0 saturated carbocycles. The van der Waals surface area contributed by atoms with Gasteiger partial charge in [0.2, 0.25) is 0 Å². The number of hydrogen-bond donors (Lipinski definition) is 3. The number of carbonyl (C=O) groups is 2. The van der Waals surface area contributed by atoms with Crippen LogP contribution in [0, 0.1) is 0 Å². The van der Waals surface area contributed by atoms with Crippen molar-refractivity contribution in [2.75, 3.05) is 38.8 Å². The summed E-state index contributed by atoms with van der Waals surface area (Å²) in [7, 11) is 1.61. The molecule has 0 aliphatic carbocycles. The third-order valence-corrected chi connectivity index (χ3v) is 5.14. The van der Waals surface area contributed by atoms with Crippen molar-refractivity contribution in [3.05, 3.63) is 90.0 Å². The van der Waals surface area contributed by atoms with E-state index in [1.807, 2.05) is 30.3 Å². The van der Waals surface area contributed by atoms with Gasteiger partial charge < -0.3 is 24.8 Å². The Morgan fingerprint density at radius 3 is 2.11 bits per heavy atom. The first kappa shape index (κ1) is 26.7. The van der Waals surface area contributed by atoms with E-state index >= 15 is 0 Å². The highest BCUT2D eigenvalue weighted by atomic mass is 32.1. The fraction of sp³-hybridized carbons (Fsp3) is 0.222. The van der Waals surface area contributed by atoms with Gasteiger partial charge in [0.15, 0.2) is 5.11 Å². The van der Waals surface area contributed by atoms with Crippen LogP contribution >= 0.6 is 12.2 Å². The Labute approximate surface area is 216 Å². The largest absolute Gasteiger partial charge is 0.490 e. The maximum atomic E-state index is 12.6. The molecular weight excluding hydrogens is 478 g/mol. The molecule has 0 radical (unpaired) electrons. The molecule has 188 valence electrons. The van der Waals surface area contributed by atoms with Gasteiger partial charge in [-0.05, 0) is 67.2 Å². The van der Waals surface area contributed by atoms with Crippen molar-refractivity contribution in [1.82, 2.24) is 10.6 Å². The Balaban J connectivity index is 1.46. The summed E-state index contributed by atoms with van der Waals surface area (Å²) in [6, 6.07) is 23.1. The maximum absolute atomic E-state index is 12.6. The van der Waals surface area contributed by atoms with Crippen LogP contribution in [0.25, 0.3) is 0 Å². The lowest BCUT2D eigenvalue weighted by Gasteiger charge is -2.14. The van der Waals surface area contributed by atoms with Gasteiger partial charge in [-0.1, -0.05) is 30.3 Å². The number of anilines is 1. The summed E-state index contributed by atoms with van der Waals surface area (Å²) in [5.74, 6) is 0.776. The minimum atomic E-state index is -0.382. The summed E-state index contributed by atoms with van der Waals surface area (Å²) in [6.07, 6.45) is 0.706. The van der Waals surface area contributed by atoms with Gasteiger partial charge in [-0.3, -0.25) is 14.9 Å². The molecule has 2 amide bonds. The van der Waals surface area contributed by atoms with Gasteiger partial charge >= 0.3 is 0 Å². The third kappa shape index (κ3) is 8.68. The Morgan fingerprint density at radius 2 is 1.42 bits per heavy atom. The number of para-hydroxylation sites is 2. The average Bonchev–Trinajstić information content (AvgIpc) is 2.90. The normalized spacial score (nSPS) is 10.2. The lowest BCUT2D eigenvalue weighted by atomic mass is 10.1. The van der Waals surface area contributed by atoms with Gasteiger partial charge in [-0.2, -0.15) is 0 Å². The number of hydrogen-bond acceptors (Lipinski definition) is 6. The first-order valence-corrected chi connectivity index (χ1v) is 11.9. The molecule has 3 aromatic carbocycles. The zero-order chi connectivity index (χ0) is 25.6. The molecule has 0 saturated heterocycles. The van der Waals surface area contributed by atoms with Gasteiger partial charge in [0.25, 0.3) is 11.8 Å². The zero-order valence-corrected chi connectivity index (χ0v) is 20.8. The van der Waals surface area contributed by atoms with Gasteiger partial charge in [0.05, 0.1) is 11.3 Å². The van der Waals surface area contributed by atoms with E-state index in [0.29, 0.717) is 55.4 Å². The van der Waals surface area contributed by atoms with E-state index in [0.717, 1.165) is 5.75 Å². The molecule has 0 aliphatic heterocycles. The van der Waals surface area contributed by atoms with Crippen molar-refractivity contribution in [3.63, 3.8) is 0 Å². The number of rotatable bonds is 12. The summed E-state index contributed by atoms with van der Waals surface area (Å²) in [5, 5.41) is 8.48. The van der Waals surface area contributed by atoms with Crippen molar-refractivity contribution in [3.8, 4) is 11.5 Å². The van der Waals surface area contributed by atoms with Gasteiger partial charge in [-0.25, -0.2) is 0 Å². The molecule has 0 aliphatic rings. The molecule has 3 rings (SSSR count). The molecule has 0 aromatic heterocycles. The van der Waals surface area contributed by atoms with Crippen LogP contribution in [0.3, 0.4) is 0 Å². The molecule has 3 N–H and O–H groups in total. The number of carbonyl (C=O) groups excluding carboxylic acids is 2. The summed E-state index contributed by atoms with van der Waals surface area (Å²) >= 11 is 5.29. The topological polar surface area (TPSA) is 97.9 Å². The molecule has 9 heteroatoms. The highest BCUT2D eigenvalue weighted by Crippen LogP contribution is 2.16. The van der Waals surface area contributed by atoms with Crippen LogP contribution in [-0.4, -0.2) is 50.4 Å². The van der Waals surface area contributed by atoms with E-state index in [9.17, 15) is 9.59 Å². The number of ether oxygens (including phenoxy) is 3. The number of nitrogens with one attached hydrogen (secondary N) is 3. The zero-order valence-electron chi connectivity index (χ0n) is 20.0. The van der Waals surface area contributed by atoms with E-state index in [4.69, 9.17) is 26.4 Å². The van der Waals surface area contributed by atoms with Crippen molar-refractivity contribution in [2.45, 2.75) is 6.42 Å². The lowest BCUT2D eigenvalue weighted by molar-refractivity contribution is 0.0947. The molecule has 0 heterocycles. The quantitative estimate of drug-likeness (QED) is 0.251. The lowest BCUT2D eigenvalue weighted by Crippen LogP contribution is -2.35. The molecule has 3 aromatic rings. The van der Waals surface area contributed by atoms with Crippen LogP contribution in [0.1, 0.15) is 27.1 Å². The molecule has 0 bridgehead atoms. The van der Waals surface area contributed by atoms with E-state index in [1.165, 1.54) is 0 Å². The van der Waals surface area contributed by atoms with Crippen LogP contribution in [0.15, 0.2) is 78.9 Å². The summed E-state index contributed by atoms with van der Waals surface area (Å²) in [6.45, 7) is 1.82. The predicted octanol–water partition coefficient (Wildman–Crippen LogP) is 4.04. The standard InChI is InChI=1S/C27H29N3O5S/c1-33-17-7-16-28-26(32)23-10-5-6-11-24(23)29-27(36)30-25(31)20-12-14-22(15-13-20)35-19-18-34-21-8-3-2-4-9-21/h2-6,8-15H,7,16-19H2,1H3,(H,28,32)(H2,29,30,31,36). The fourth-order valence-electron chi connectivity index (χ4n) is 3.17. The molecule has 36 heavy (non-hydrogen) atoms. The predicted molar refractivity (Wildman–Crippen MR) is 143 cm³/mol. The van der Waals surface area contributed by atoms with Gasteiger partial charge in [0, 0.05) is 25.8 Å². The van der Waals surface area contributed by atoms with Crippen molar-refractivity contribution >= 4 is 34.8 Å². The molecular formula is C27H29N3O5S. The SMILES string of the molecule is COCCCNC(=O)c1ccccc1NC(=S)NC(=O)c1ccc(OCCOc2ccccc2)cc1. The highest BCUT2D eigenvalue weighted by molar-refractivity contribution is 7.80. The molecule has 8 nitrogen and oxygen atoms in total. The molecule has 0 atom stereocenters. The highest BCUT2D eigenvalue weighted by Gasteiger charge is 2.13. The number of benzene rings is 3. The van der Waals surface area contributed by atoms with Crippen LogP contribution < -0.4 is 25.4 Å². The monoisotopic (exact) mass is 507 g/mol. The van der Waals surface area contributed by atoms with E-state index < -0.39 is 0 Å². The second-order valence-electron chi connectivity index (χ2n) is 7.59. The Hall–Kier alpha value is -3.95. The summed E-state index contributed by atoms with van der Waals surface area (Å²) in [5.41, 5.74) is 1.33. The van der Waals surface area contributed by atoms with E-state index in [2.05, 4.69) is 16.0 Å². The molecule has 0 spiro atoms. The van der Waals surface area contributed by atoms with Gasteiger partial charge in [0.1, 0.15) is 24.7 Å². The Kier molecular flexibility index (Phi) is 10.7. The van der Waals surface area contributed by atoms with Crippen LogP contribution in [0.2, 0.25) is 0 Å². The minimum absolute atomic E-state index is 0.0815. The minimum Gasteiger partial charge on any atom is -0.490 e. The third-order valence-electron chi connectivity index (χ3n) is 4.94. The van der Waals surface area contributed by atoms with E-state index in [-0.39, 0.29) is 16.9 Å². The van der Waals surface area contributed by atoms with Crippen molar-refractivity contribution in [2.24, 2.45) is 0 Å². The van der Waals surface area contributed by atoms with Crippen molar-refractivity contribution in [1.29, 1.82) is 0 Å². The summed E-state index contributed by atoms with van der Waals surface area (Å²) < 4.78 is 16.2. The van der Waals surface area contributed by atoms with Gasteiger partial charge in [-0.15, -0.1) is 0 Å². The number of methoxy groups -OCH3 is 1. The maximum Gasteiger partial charge on any atom is 0.257 e. The molecule has 0 fully saturated rings. The second kappa shape index (κ2) is 14.4. The Morgan fingerprint density at radius 1 is 0.778 bits per heavy atom. The first-order chi connectivity index (χ1) is 17.6. The van der Waals surface area contributed by atoms with Crippen LogP contribution in [-0.2, 0) is 4.74 Å². The number of amides is 2. The summed E-state index contributed by atoms with van der Waals surface area (Å²) in [4.78, 5) is 25.1. The first-order valence-electron chi connectivity index (χ1n) is 11.5. The second-order valence-corrected chi connectivity index (χ2v) is 8.00. The fourth-order valence-corrected chi connectivity index (χ4v) is 3.37. The molecule has 0 unspecified atom stereocenters. The smallest absolute Gasteiger partial charge is 0.257 e.